The second kappa shape index (κ2) is 6.19. The van der Waals surface area contributed by atoms with E-state index in [2.05, 4.69) is 5.32 Å². The average molecular weight is 206 g/mol. The normalized spacial score (nSPS) is 12.1. The number of hydrogen-bond donors (Lipinski definition) is 2. The van der Waals surface area contributed by atoms with Gasteiger partial charge in [0.1, 0.15) is 0 Å². The number of carbonyl (C=O) groups is 1. The van der Waals surface area contributed by atoms with Gasteiger partial charge in [-0.3, -0.25) is 4.79 Å². The van der Waals surface area contributed by atoms with Crippen LogP contribution in [0.25, 0.3) is 0 Å². The highest BCUT2D eigenvalue weighted by Crippen LogP contribution is 2.11. The van der Waals surface area contributed by atoms with E-state index < -0.39 is 0 Å². The summed E-state index contributed by atoms with van der Waals surface area (Å²) in [4.78, 5) is 11.4. The fourth-order valence-electron chi connectivity index (χ4n) is 1.40. The standard InChI is InChI=1S/C12H18N2O/c1-10(11-6-3-2-4-7-11)14-12(15)8-5-9-13/h2-4,6-7,10H,5,8-9,13H2,1H3,(H,14,15)/t10-/m0/s1. The number of nitrogens with two attached hydrogens (primary N) is 1. The zero-order chi connectivity index (χ0) is 11.1. The Balaban J connectivity index is 2.42. The van der Waals surface area contributed by atoms with Crippen LogP contribution in [0.1, 0.15) is 31.4 Å². The maximum atomic E-state index is 11.4. The van der Waals surface area contributed by atoms with Crippen LogP contribution in [0.3, 0.4) is 0 Å². The molecule has 0 spiro atoms. The van der Waals surface area contributed by atoms with Gasteiger partial charge in [0.15, 0.2) is 0 Å². The Morgan fingerprint density at radius 3 is 2.67 bits per heavy atom. The van der Waals surface area contributed by atoms with Crippen LogP contribution in [0.15, 0.2) is 30.3 Å². The van der Waals surface area contributed by atoms with E-state index in [1.807, 2.05) is 37.3 Å². The molecule has 1 aromatic carbocycles. The lowest BCUT2D eigenvalue weighted by Gasteiger charge is -2.13. The molecule has 3 N–H and O–H groups in total. The maximum absolute atomic E-state index is 11.4. The molecule has 1 atom stereocenters. The number of benzene rings is 1. The van der Waals surface area contributed by atoms with Crippen LogP contribution >= 0.6 is 0 Å². The van der Waals surface area contributed by atoms with Gasteiger partial charge in [0.25, 0.3) is 0 Å². The second-order valence-electron chi connectivity index (χ2n) is 3.59. The molecule has 0 aliphatic carbocycles. The summed E-state index contributed by atoms with van der Waals surface area (Å²) in [5.74, 6) is 0.0665. The smallest absolute Gasteiger partial charge is 0.220 e. The SMILES string of the molecule is C[C@H](NC(=O)CCCN)c1ccccc1. The zero-order valence-corrected chi connectivity index (χ0v) is 9.07. The fourth-order valence-corrected chi connectivity index (χ4v) is 1.40. The van der Waals surface area contributed by atoms with Crippen LogP contribution in [0.4, 0.5) is 0 Å². The van der Waals surface area contributed by atoms with E-state index in [1.165, 1.54) is 0 Å². The lowest BCUT2D eigenvalue weighted by Crippen LogP contribution is -2.26. The van der Waals surface area contributed by atoms with Gasteiger partial charge < -0.3 is 11.1 Å². The van der Waals surface area contributed by atoms with Gasteiger partial charge >= 0.3 is 0 Å². The minimum atomic E-state index is 0.0662. The van der Waals surface area contributed by atoms with Crippen LogP contribution in [0.5, 0.6) is 0 Å². The number of carbonyl (C=O) groups excluding carboxylic acids is 1. The van der Waals surface area contributed by atoms with Crippen molar-refractivity contribution in [1.29, 1.82) is 0 Å². The Labute approximate surface area is 90.7 Å². The molecule has 0 unspecified atom stereocenters. The summed E-state index contributed by atoms with van der Waals surface area (Å²) in [6.07, 6.45) is 1.25. The van der Waals surface area contributed by atoms with Crippen molar-refractivity contribution in [3.05, 3.63) is 35.9 Å². The summed E-state index contributed by atoms with van der Waals surface area (Å²) >= 11 is 0. The van der Waals surface area contributed by atoms with E-state index in [9.17, 15) is 4.79 Å². The lowest BCUT2D eigenvalue weighted by molar-refractivity contribution is -0.121. The summed E-state index contributed by atoms with van der Waals surface area (Å²) in [5, 5.41) is 2.94. The summed E-state index contributed by atoms with van der Waals surface area (Å²) in [7, 11) is 0. The predicted octanol–water partition coefficient (Wildman–Crippen LogP) is 1.60. The fraction of sp³-hybridized carbons (Fsp3) is 0.417. The molecule has 0 aromatic heterocycles. The molecule has 82 valence electrons. The molecule has 0 saturated carbocycles. The van der Waals surface area contributed by atoms with E-state index in [4.69, 9.17) is 5.73 Å². The van der Waals surface area contributed by atoms with Crippen LogP contribution in [0, 0.1) is 0 Å². The topological polar surface area (TPSA) is 55.1 Å². The molecule has 1 rings (SSSR count). The quantitative estimate of drug-likeness (QED) is 0.769. The lowest BCUT2D eigenvalue weighted by atomic mass is 10.1. The van der Waals surface area contributed by atoms with Crippen LogP contribution in [0.2, 0.25) is 0 Å². The third-order valence-electron chi connectivity index (χ3n) is 2.29. The van der Waals surface area contributed by atoms with Crippen molar-refractivity contribution in [2.24, 2.45) is 5.73 Å². The molecule has 0 aliphatic rings. The first kappa shape index (κ1) is 11.7. The molecule has 0 aliphatic heterocycles. The summed E-state index contributed by atoms with van der Waals surface area (Å²) < 4.78 is 0. The van der Waals surface area contributed by atoms with E-state index in [0.717, 1.165) is 12.0 Å². The largest absolute Gasteiger partial charge is 0.350 e. The van der Waals surface area contributed by atoms with E-state index in [-0.39, 0.29) is 11.9 Å². The Hall–Kier alpha value is -1.35. The zero-order valence-electron chi connectivity index (χ0n) is 9.07. The molecular formula is C12H18N2O. The maximum Gasteiger partial charge on any atom is 0.220 e. The van der Waals surface area contributed by atoms with E-state index in [1.54, 1.807) is 0 Å². The minimum absolute atomic E-state index is 0.0662. The molecular weight excluding hydrogens is 188 g/mol. The van der Waals surface area contributed by atoms with Gasteiger partial charge in [0.2, 0.25) is 5.91 Å². The number of nitrogens with one attached hydrogen (secondary N) is 1. The van der Waals surface area contributed by atoms with Crippen LogP contribution < -0.4 is 11.1 Å². The monoisotopic (exact) mass is 206 g/mol. The number of amides is 1. The van der Waals surface area contributed by atoms with Crippen molar-refractivity contribution in [2.45, 2.75) is 25.8 Å². The first-order valence-corrected chi connectivity index (χ1v) is 5.28. The van der Waals surface area contributed by atoms with Gasteiger partial charge in [0.05, 0.1) is 6.04 Å². The molecule has 0 radical (unpaired) electrons. The van der Waals surface area contributed by atoms with Crippen molar-refractivity contribution in [3.8, 4) is 0 Å². The highest BCUT2D eigenvalue weighted by atomic mass is 16.1. The molecule has 0 fully saturated rings. The number of rotatable bonds is 5. The van der Waals surface area contributed by atoms with Gasteiger partial charge in [-0.15, -0.1) is 0 Å². The van der Waals surface area contributed by atoms with E-state index >= 15 is 0 Å². The van der Waals surface area contributed by atoms with Crippen molar-refractivity contribution < 1.29 is 4.79 Å². The van der Waals surface area contributed by atoms with Gasteiger partial charge in [-0.2, -0.15) is 0 Å². The second-order valence-corrected chi connectivity index (χ2v) is 3.59. The molecule has 3 nitrogen and oxygen atoms in total. The summed E-state index contributed by atoms with van der Waals surface area (Å²) in [6.45, 7) is 2.54. The Morgan fingerprint density at radius 2 is 2.07 bits per heavy atom. The molecule has 1 aromatic rings. The van der Waals surface area contributed by atoms with Crippen LogP contribution in [-0.4, -0.2) is 12.5 Å². The minimum Gasteiger partial charge on any atom is -0.350 e. The molecule has 0 heterocycles. The molecule has 0 bridgehead atoms. The first-order valence-electron chi connectivity index (χ1n) is 5.28. The van der Waals surface area contributed by atoms with Crippen LogP contribution in [-0.2, 0) is 4.79 Å². The molecule has 0 saturated heterocycles. The average Bonchev–Trinajstić information content (AvgIpc) is 2.27. The predicted molar refractivity (Wildman–Crippen MR) is 61.3 cm³/mol. The Bertz CT molecular complexity index is 298. The highest BCUT2D eigenvalue weighted by molar-refractivity contribution is 5.76. The highest BCUT2D eigenvalue weighted by Gasteiger charge is 2.07. The third kappa shape index (κ3) is 4.13. The van der Waals surface area contributed by atoms with Gasteiger partial charge in [-0.05, 0) is 25.5 Å². The van der Waals surface area contributed by atoms with Gasteiger partial charge in [0, 0.05) is 6.42 Å². The van der Waals surface area contributed by atoms with E-state index in [0.29, 0.717) is 13.0 Å². The molecule has 15 heavy (non-hydrogen) atoms. The first-order chi connectivity index (χ1) is 7.24. The number of hydrogen-bond acceptors (Lipinski definition) is 2. The molecule has 3 heteroatoms. The van der Waals surface area contributed by atoms with Crippen molar-refractivity contribution in [3.63, 3.8) is 0 Å². The van der Waals surface area contributed by atoms with Crippen molar-refractivity contribution >= 4 is 5.91 Å². The van der Waals surface area contributed by atoms with Crippen molar-refractivity contribution in [1.82, 2.24) is 5.32 Å². The van der Waals surface area contributed by atoms with Gasteiger partial charge in [-0.25, -0.2) is 0 Å². The summed E-state index contributed by atoms with van der Waals surface area (Å²) in [5.41, 5.74) is 6.46. The summed E-state index contributed by atoms with van der Waals surface area (Å²) in [6, 6.07) is 9.99. The third-order valence-corrected chi connectivity index (χ3v) is 2.29. The van der Waals surface area contributed by atoms with Gasteiger partial charge in [-0.1, -0.05) is 30.3 Å². The molecule has 1 amide bonds. The Kier molecular flexibility index (Phi) is 4.84. The van der Waals surface area contributed by atoms with Crippen molar-refractivity contribution in [2.75, 3.05) is 6.54 Å². The Morgan fingerprint density at radius 1 is 1.40 bits per heavy atom.